The van der Waals surface area contributed by atoms with Gasteiger partial charge in [0.15, 0.2) is 0 Å². The number of carbonyl (C=O) groups excluding carboxylic acids is 2. The van der Waals surface area contributed by atoms with E-state index in [1.54, 1.807) is 19.0 Å². The van der Waals surface area contributed by atoms with Crippen LogP contribution in [-0.2, 0) is 9.59 Å². The standard InChI is InChI=1S/C10H19N3O2/c1-12(2)9(14)5-7-13-6-3-4-8(13)10(11)15/h8H,3-7H2,1-2H3,(H2,11,15). The molecule has 1 fully saturated rings. The van der Waals surface area contributed by atoms with Gasteiger partial charge in [-0.25, -0.2) is 0 Å². The fraction of sp³-hybridized carbons (Fsp3) is 0.800. The average Bonchev–Trinajstić information content (AvgIpc) is 2.61. The molecule has 5 nitrogen and oxygen atoms in total. The lowest BCUT2D eigenvalue weighted by Crippen LogP contribution is -2.41. The molecule has 1 heterocycles. The molecule has 15 heavy (non-hydrogen) atoms. The zero-order chi connectivity index (χ0) is 11.4. The number of nitrogens with zero attached hydrogens (tertiary/aromatic N) is 2. The maximum Gasteiger partial charge on any atom is 0.234 e. The minimum absolute atomic E-state index is 0.0881. The van der Waals surface area contributed by atoms with Crippen molar-refractivity contribution >= 4 is 11.8 Å². The van der Waals surface area contributed by atoms with Crippen LogP contribution >= 0.6 is 0 Å². The monoisotopic (exact) mass is 213 g/mol. The van der Waals surface area contributed by atoms with Crippen LogP contribution in [0.3, 0.4) is 0 Å². The van der Waals surface area contributed by atoms with Crippen molar-refractivity contribution in [2.24, 2.45) is 5.73 Å². The molecule has 0 spiro atoms. The van der Waals surface area contributed by atoms with Gasteiger partial charge in [0.05, 0.1) is 6.04 Å². The topological polar surface area (TPSA) is 66.6 Å². The van der Waals surface area contributed by atoms with E-state index in [4.69, 9.17) is 5.73 Å². The first-order valence-electron chi connectivity index (χ1n) is 5.26. The summed E-state index contributed by atoms with van der Waals surface area (Å²) in [6.07, 6.45) is 2.27. The highest BCUT2D eigenvalue weighted by atomic mass is 16.2. The van der Waals surface area contributed by atoms with Crippen molar-refractivity contribution in [1.29, 1.82) is 0 Å². The van der Waals surface area contributed by atoms with Gasteiger partial charge in [0.25, 0.3) is 0 Å². The Morgan fingerprint density at radius 2 is 2.13 bits per heavy atom. The number of amides is 2. The first-order chi connectivity index (χ1) is 7.02. The summed E-state index contributed by atoms with van der Waals surface area (Å²) in [7, 11) is 3.47. The van der Waals surface area contributed by atoms with Gasteiger partial charge in [0, 0.05) is 27.1 Å². The quantitative estimate of drug-likeness (QED) is 0.679. The van der Waals surface area contributed by atoms with Crippen LogP contribution in [-0.4, -0.2) is 54.8 Å². The molecule has 2 amide bonds. The number of carbonyl (C=O) groups is 2. The van der Waals surface area contributed by atoms with Crippen molar-refractivity contribution in [3.8, 4) is 0 Å². The summed E-state index contributed by atoms with van der Waals surface area (Å²) >= 11 is 0. The molecule has 1 aliphatic rings. The highest BCUT2D eigenvalue weighted by Crippen LogP contribution is 2.16. The summed E-state index contributed by atoms with van der Waals surface area (Å²) in [4.78, 5) is 26.0. The fourth-order valence-electron chi connectivity index (χ4n) is 1.88. The molecule has 1 aliphatic heterocycles. The van der Waals surface area contributed by atoms with E-state index in [1.807, 2.05) is 4.90 Å². The molecule has 1 saturated heterocycles. The molecule has 0 bridgehead atoms. The van der Waals surface area contributed by atoms with E-state index in [-0.39, 0.29) is 17.9 Å². The summed E-state index contributed by atoms with van der Waals surface area (Å²) in [5, 5.41) is 0. The van der Waals surface area contributed by atoms with E-state index in [0.717, 1.165) is 19.4 Å². The molecule has 0 aromatic rings. The highest BCUT2D eigenvalue weighted by Gasteiger charge is 2.28. The highest BCUT2D eigenvalue weighted by molar-refractivity contribution is 5.80. The number of hydrogen-bond acceptors (Lipinski definition) is 3. The molecule has 0 aliphatic carbocycles. The van der Waals surface area contributed by atoms with E-state index in [9.17, 15) is 9.59 Å². The fourth-order valence-corrected chi connectivity index (χ4v) is 1.88. The normalized spacial score (nSPS) is 21.6. The molecule has 86 valence electrons. The number of hydrogen-bond donors (Lipinski definition) is 1. The van der Waals surface area contributed by atoms with Gasteiger partial charge in [-0.3, -0.25) is 14.5 Å². The van der Waals surface area contributed by atoms with E-state index >= 15 is 0 Å². The van der Waals surface area contributed by atoms with E-state index in [0.29, 0.717) is 13.0 Å². The SMILES string of the molecule is CN(C)C(=O)CCN1CCCC1C(N)=O. The lowest BCUT2D eigenvalue weighted by atomic mass is 10.2. The largest absolute Gasteiger partial charge is 0.368 e. The molecule has 0 radical (unpaired) electrons. The van der Waals surface area contributed by atoms with Crippen molar-refractivity contribution in [1.82, 2.24) is 9.80 Å². The molecule has 1 rings (SSSR count). The Kier molecular flexibility index (Phi) is 4.08. The van der Waals surface area contributed by atoms with E-state index in [1.165, 1.54) is 0 Å². The Balaban J connectivity index is 2.38. The molecule has 2 N–H and O–H groups in total. The molecule has 1 unspecified atom stereocenters. The summed E-state index contributed by atoms with van der Waals surface area (Å²) in [6.45, 7) is 1.50. The van der Waals surface area contributed by atoms with Crippen molar-refractivity contribution < 1.29 is 9.59 Å². The number of primary amides is 1. The Labute approximate surface area is 90.2 Å². The molecule has 5 heteroatoms. The molecule has 0 aromatic carbocycles. The zero-order valence-corrected chi connectivity index (χ0v) is 9.40. The smallest absolute Gasteiger partial charge is 0.234 e. The van der Waals surface area contributed by atoms with Gasteiger partial charge in [0.2, 0.25) is 11.8 Å². The average molecular weight is 213 g/mol. The van der Waals surface area contributed by atoms with Crippen LogP contribution < -0.4 is 5.73 Å². The molecule has 0 saturated carbocycles. The van der Waals surface area contributed by atoms with Crippen LogP contribution in [0.25, 0.3) is 0 Å². The third kappa shape index (κ3) is 3.20. The van der Waals surface area contributed by atoms with Gasteiger partial charge < -0.3 is 10.6 Å². The second kappa shape index (κ2) is 5.11. The summed E-state index contributed by atoms with van der Waals surface area (Å²) < 4.78 is 0. The first-order valence-corrected chi connectivity index (χ1v) is 5.26. The second-order valence-electron chi connectivity index (χ2n) is 4.13. The Hall–Kier alpha value is -1.10. The third-order valence-electron chi connectivity index (χ3n) is 2.80. The lowest BCUT2D eigenvalue weighted by molar-refractivity contribution is -0.130. The number of likely N-dealkylation sites (tertiary alicyclic amines) is 1. The summed E-state index contributed by atoms with van der Waals surface area (Å²) in [5.74, 6) is -0.185. The maximum atomic E-state index is 11.4. The summed E-state index contributed by atoms with van der Waals surface area (Å²) in [6, 6.07) is -0.167. The predicted molar refractivity (Wildman–Crippen MR) is 57.1 cm³/mol. The second-order valence-corrected chi connectivity index (χ2v) is 4.13. The van der Waals surface area contributed by atoms with Crippen molar-refractivity contribution in [2.45, 2.75) is 25.3 Å². The van der Waals surface area contributed by atoms with Crippen LogP contribution in [0.2, 0.25) is 0 Å². The van der Waals surface area contributed by atoms with Gasteiger partial charge in [-0.05, 0) is 19.4 Å². The summed E-state index contributed by atoms with van der Waals surface area (Å²) in [5.41, 5.74) is 5.28. The lowest BCUT2D eigenvalue weighted by Gasteiger charge is -2.22. The minimum Gasteiger partial charge on any atom is -0.368 e. The van der Waals surface area contributed by atoms with E-state index < -0.39 is 0 Å². The third-order valence-corrected chi connectivity index (χ3v) is 2.80. The molecular formula is C10H19N3O2. The first kappa shape index (κ1) is 12.0. The van der Waals surface area contributed by atoms with Crippen LogP contribution in [0.5, 0.6) is 0 Å². The minimum atomic E-state index is -0.273. The van der Waals surface area contributed by atoms with Crippen LogP contribution in [0.4, 0.5) is 0 Å². The Morgan fingerprint density at radius 1 is 1.47 bits per heavy atom. The van der Waals surface area contributed by atoms with Crippen LogP contribution in [0, 0.1) is 0 Å². The maximum absolute atomic E-state index is 11.4. The van der Waals surface area contributed by atoms with Gasteiger partial charge in [-0.15, -0.1) is 0 Å². The zero-order valence-electron chi connectivity index (χ0n) is 9.40. The predicted octanol–water partition coefficient (Wildman–Crippen LogP) is -0.586. The van der Waals surface area contributed by atoms with Gasteiger partial charge in [-0.1, -0.05) is 0 Å². The number of nitrogens with two attached hydrogens (primary N) is 1. The van der Waals surface area contributed by atoms with Gasteiger partial charge in [-0.2, -0.15) is 0 Å². The molecule has 1 atom stereocenters. The van der Waals surface area contributed by atoms with Crippen LogP contribution in [0.1, 0.15) is 19.3 Å². The van der Waals surface area contributed by atoms with Gasteiger partial charge >= 0.3 is 0 Å². The molecule has 0 aromatic heterocycles. The number of rotatable bonds is 4. The van der Waals surface area contributed by atoms with E-state index in [2.05, 4.69) is 0 Å². The van der Waals surface area contributed by atoms with Crippen LogP contribution in [0.15, 0.2) is 0 Å². The Morgan fingerprint density at radius 3 is 2.67 bits per heavy atom. The van der Waals surface area contributed by atoms with Crippen molar-refractivity contribution in [3.63, 3.8) is 0 Å². The molecular weight excluding hydrogens is 194 g/mol. The van der Waals surface area contributed by atoms with Crippen molar-refractivity contribution in [3.05, 3.63) is 0 Å². The van der Waals surface area contributed by atoms with Crippen molar-refractivity contribution in [2.75, 3.05) is 27.2 Å². The van der Waals surface area contributed by atoms with Gasteiger partial charge in [0.1, 0.15) is 0 Å². The Bertz CT molecular complexity index is 253.